The van der Waals surface area contributed by atoms with Crippen LogP contribution in [0.4, 0.5) is 5.69 Å². The van der Waals surface area contributed by atoms with Crippen LogP contribution in [0, 0.1) is 0 Å². The first-order chi connectivity index (χ1) is 13.9. The van der Waals surface area contributed by atoms with Crippen molar-refractivity contribution in [2.75, 3.05) is 25.0 Å². The first kappa shape index (κ1) is 23.2. The fourth-order valence-electron chi connectivity index (χ4n) is 2.61. The highest BCUT2D eigenvalue weighted by atomic mass is 35.5. The van der Waals surface area contributed by atoms with Gasteiger partial charge in [-0.15, -0.1) is 11.3 Å². The number of hydrogen-bond donors (Lipinski definition) is 2. The molecule has 1 aromatic heterocycles. The summed E-state index contributed by atoms with van der Waals surface area (Å²) in [6.07, 6.45) is 1.48. The molecule has 0 aliphatic rings. The van der Waals surface area contributed by atoms with Gasteiger partial charge in [0.25, 0.3) is 5.91 Å². The zero-order chi connectivity index (χ0) is 21.2. The summed E-state index contributed by atoms with van der Waals surface area (Å²) in [6.45, 7) is 2.75. The zero-order valence-electron chi connectivity index (χ0n) is 16.0. The lowest BCUT2D eigenvalue weighted by Gasteiger charge is -2.22. The van der Waals surface area contributed by atoms with Crippen molar-refractivity contribution in [2.45, 2.75) is 26.2 Å². The van der Waals surface area contributed by atoms with E-state index >= 15 is 0 Å². The summed E-state index contributed by atoms with van der Waals surface area (Å²) in [6, 6.07) is 8.35. The second kappa shape index (κ2) is 11.8. The Bertz CT molecular complexity index is 844. The van der Waals surface area contributed by atoms with E-state index in [9.17, 15) is 14.4 Å². The molecule has 0 radical (unpaired) electrons. The summed E-state index contributed by atoms with van der Waals surface area (Å²) in [4.78, 5) is 38.9. The average Bonchev–Trinajstić information content (AvgIpc) is 3.21. The fraction of sp³-hybridized carbons (Fsp3) is 0.350. The van der Waals surface area contributed by atoms with Crippen LogP contribution in [0.3, 0.4) is 0 Å². The maximum absolute atomic E-state index is 12.5. The summed E-state index contributed by atoms with van der Waals surface area (Å²) in [5.74, 6) is -0.603. The largest absolute Gasteiger partial charge is 0.351 e. The van der Waals surface area contributed by atoms with Crippen LogP contribution >= 0.6 is 34.5 Å². The Kier molecular flexibility index (Phi) is 9.44. The van der Waals surface area contributed by atoms with Gasteiger partial charge in [0.05, 0.1) is 22.1 Å². The normalized spacial score (nSPS) is 10.4. The van der Waals surface area contributed by atoms with Crippen molar-refractivity contribution in [1.29, 1.82) is 0 Å². The monoisotopic (exact) mass is 455 g/mol. The summed E-state index contributed by atoms with van der Waals surface area (Å²) in [5.41, 5.74) is 0.446. The number of anilines is 1. The van der Waals surface area contributed by atoms with E-state index in [0.717, 1.165) is 6.42 Å². The molecule has 29 heavy (non-hydrogen) atoms. The molecule has 156 valence electrons. The highest BCUT2D eigenvalue weighted by Gasteiger charge is 2.17. The Balaban J connectivity index is 1.80. The Morgan fingerprint density at radius 3 is 2.62 bits per heavy atom. The number of rotatable bonds is 10. The molecule has 2 rings (SSSR count). The quantitative estimate of drug-likeness (QED) is 0.519. The highest BCUT2D eigenvalue weighted by Crippen LogP contribution is 2.25. The van der Waals surface area contributed by atoms with Crippen LogP contribution in [-0.4, -0.2) is 42.3 Å². The molecule has 6 nitrogen and oxygen atoms in total. The van der Waals surface area contributed by atoms with Gasteiger partial charge in [-0.05, 0) is 42.5 Å². The minimum atomic E-state index is -0.331. The molecule has 2 aromatic rings. The topological polar surface area (TPSA) is 78.5 Å². The molecule has 0 saturated carbocycles. The van der Waals surface area contributed by atoms with Gasteiger partial charge in [0.1, 0.15) is 0 Å². The van der Waals surface area contributed by atoms with E-state index in [2.05, 4.69) is 10.6 Å². The smallest absolute Gasteiger partial charge is 0.261 e. The number of nitrogens with one attached hydrogen (secondary N) is 2. The van der Waals surface area contributed by atoms with E-state index in [-0.39, 0.29) is 30.7 Å². The SMILES string of the molecule is CCCN(CC(=O)Nc1ccc(Cl)cc1Cl)C(=O)CCCNC(=O)c1cccs1. The third-order valence-corrected chi connectivity index (χ3v) is 5.40. The minimum absolute atomic E-state index is 0.0623. The lowest BCUT2D eigenvalue weighted by molar-refractivity contribution is -0.134. The lowest BCUT2D eigenvalue weighted by Crippen LogP contribution is -2.38. The van der Waals surface area contributed by atoms with E-state index in [1.54, 1.807) is 18.2 Å². The molecule has 0 fully saturated rings. The van der Waals surface area contributed by atoms with E-state index in [1.807, 2.05) is 18.4 Å². The second-order valence-corrected chi connectivity index (χ2v) is 8.12. The van der Waals surface area contributed by atoms with E-state index in [0.29, 0.717) is 40.1 Å². The Hall–Kier alpha value is -2.09. The molecule has 0 unspecified atom stereocenters. The minimum Gasteiger partial charge on any atom is -0.351 e. The van der Waals surface area contributed by atoms with Gasteiger partial charge in [-0.1, -0.05) is 36.2 Å². The van der Waals surface area contributed by atoms with Gasteiger partial charge in [0, 0.05) is 24.5 Å². The van der Waals surface area contributed by atoms with Gasteiger partial charge in [-0.3, -0.25) is 14.4 Å². The predicted octanol–water partition coefficient (Wildman–Crippen LogP) is 4.44. The number of carbonyl (C=O) groups is 3. The Labute approximate surface area is 184 Å². The van der Waals surface area contributed by atoms with Crippen LogP contribution in [0.2, 0.25) is 10.0 Å². The molecule has 0 bridgehead atoms. The number of thiophene rings is 1. The van der Waals surface area contributed by atoms with Gasteiger partial charge in [-0.25, -0.2) is 0 Å². The van der Waals surface area contributed by atoms with Crippen LogP contribution in [0.25, 0.3) is 0 Å². The first-order valence-electron chi connectivity index (χ1n) is 9.25. The molecular formula is C20H23Cl2N3O3S. The van der Waals surface area contributed by atoms with Crippen molar-refractivity contribution in [1.82, 2.24) is 10.2 Å². The number of benzene rings is 1. The molecule has 0 aliphatic carbocycles. The molecule has 0 aliphatic heterocycles. The lowest BCUT2D eigenvalue weighted by atomic mass is 10.2. The molecular weight excluding hydrogens is 433 g/mol. The molecule has 0 spiro atoms. The van der Waals surface area contributed by atoms with E-state index < -0.39 is 0 Å². The van der Waals surface area contributed by atoms with Crippen molar-refractivity contribution < 1.29 is 14.4 Å². The average molecular weight is 456 g/mol. The van der Waals surface area contributed by atoms with Crippen molar-refractivity contribution in [3.63, 3.8) is 0 Å². The standard InChI is InChI=1S/C20H23Cl2N3O3S/c1-2-10-25(13-18(26)24-16-8-7-14(21)12-15(16)22)19(27)6-3-9-23-20(28)17-5-4-11-29-17/h4-5,7-8,11-12H,2-3,6,9-10,13H2,1H3,(H,23,28)(H,24,26). The first-order valence-corrected chi connectivity index (χ1v) is 10.9. The Morgan fingerprint density at radius 2 is 1.97 bits per heavy atom. The molecule has 0 saturated heterocycles. The van der Waals surface area contributed by atoms with E-state index in [4.69, 9.17) is 23.2 Å². The van der Waals surface area contributed by atoms with Crippen LogP contribution < -0.4 is 10.6 Å². The van der Waals surface area contributed by atoms with Gasteiger partial charge < -0.3 is 15.5 Å². The molecule has 3 amide bonds. The second-order valence-electron chi connectivity index (χ2n) is 6.32. The summed E-state index contributed by atoms with van der Waals surface area (Å²) in [7, 11) is 0. The number of hydrogen-bond acceptors (Lipinski definition) is 4. The van der Waals surface area contributed by atoms with Crippen LogP contribution in [0.5, 0.6) is 0 Å². The van der Waals surface area contributed by atoms with Gasteiger partial charge in [-0.2, -0.15) is 0 Å². The van der Waals surface area contributed by atoms with Crippen molar-refractivity contribution in [2.24, 2.45) is 0 Å². The zero-order valence-corrected chi connectivity index (χ0v) is 18.4. The van der Waals surface area contributed by atoms with Crippen molar-refractivity contribution in [3.05, 3.63) is 50.6 Å². The van der Waals surface area contributed by atoms with Gasteiger partial charge >= 0.3 is 0 Å². The van der Waals surface area contributed by atoms with Crippen LogP contribution in [0.15, 0.2) is 35.7 Å². The third-order valence-electron chi connectivity index (χ3n) is 3.98. The molecule has 1 aromatic carbocycles. The van der Waals surface area contributed by atoms with Gasteiger partial charge in [0.15, 0.2) is 0 Å². The third kappa shape index (κ3) is 7.68. The number of halogens is 2. The van der Waals surface area contributed by atoms with Crippen molar-refractivity contribution >= 4 is 57.9 Å². The highest BCUT2D eigenvalue weighted by molar-refractivity contribution is 7.12. The number of nitrogens with zero attached hydrogens (tertiary/aromatic N) is 1. The summed E-state index contributed by atoms with van der Waals surface area (Å²) in [5, 5.41) is 8.14. The molecule has 0 atom stereocenters. The predicted molar refractivity (Wildman–Crippen MR) is 118 cm³/mol. The number of amides is 3. The maximum atomic E-state index is 12.5. The molecule has 9 heteroatoms. The molecule has 2 N–H and O–H groups in total. The number of carbonyl (C=O) groups excluding carboxylic acids is 3. The van der Waals surface area contributed by atoms with E-state index in [1.165, 1.54) is 22.3 Å². The fourth-order valence-corrected chi connectivity index (χ4v) is 3.71. The van der Waals surface area contributed by atoms with Crippen molar-refractivity contribution in [3.8, 4) is 0 Å². The van der Waals surface area contributed by atoms with Crippen LogP contribution in [-0.2, 0) is 9.59 Å². The summed E-state index contributed by atoms with van der Waals surface area (Å²) >= 11 is 13.3. The maximum Gasteiger partial charge on any atom is 0.261 e. The van der Waals surface area contributed by atoms with Crippen LogP contribution in [0.1, 0.15) is 35.9 Å². The Morgan fingerprint density at radius 1 is 1.17 bits per heavy atom. The molecule has 1 heterocycles. The summed E-state index contributed by atoms with van der Waals surface area (Å²) < 4.78 is 0. The van der Waals surface area contributed by atoms with Gasteiger partial charge in [0.2, 0.25) is 11.8 Å².